The van der Waals surface area contributed by atoms with Crippen LogP contribution in [0.5, 0.6) is 0 Å². The van der Waals surface area contributed by atoms with E-state index in [-0.39, 0.29) is 11.7 Å². The number of nitrogens with one attached hydrogen (secondary N) is 1. The van der Waals surface area contributed by atoms with E-state index in [4.69, 9.17) is 10.2 Å². The predicted octanol–water partition coefficient (Wildman–Crippen LogP) is 2.98. The van der Waals surface area contributed by atoms with Crippen molar-refractivity contribution in [3.63, 3.8) is 0 Å². The third-order valence-electron chi connectivity index (χ3n) is 4.41. The highest BCUT2D eigenvalue weighted by Crippen LogP contribution is 2.24. The minimum atomic E-state index is -1.26. The number of aromatic amines is 1. The van der Waals surface area contributed by atoms with Crippen molar-refractivity contribution in [2.24, 2.45) is 13.0 Å². The molecule has 3 rings (SSSR count). The molecule has 0 saturated heterocycles. The molecule has 0 aliphatic heterocycles. The fourth-order valence-electron chi connectivity index (χ4n) is 2.92. The quantitative estimate of drug-likeness (QED) is 0.434. The molecule has 3 aromatic rings. The lowest BCUT2D eigenvalue weighted by Crippen LogP contribution is -2.14. The van der Waals surface area contributed by atoms with Crippen LogP contribution in [0.2, 0.25) is 0 Å². The summed E-state index contributed by atoms with van der Waals surface area (Å²) in [5, 5.41) is 16.6. The maximum atomic E-state index is 12.8. The Morgan fingerprint density at radius 3 is 2.34 bits per heavy atom. The van der Waals surface area contributed by atoms with Crippen molar-refractivity contribution < 1.29 is 24.6 Å². The van der Waals surface area contributed by atoms with Crippen LogP contribution in [0.25, 0.3) is 10.9 Å². The number of carbonyl (C=O) groups excluding carboxylic acids is 1. The van der Waals surface area contributed by atoms with Crippen molar-refractivity contribution in [3.8, 4) is 0 Å². The first-order valence-electron chi connectivity index (χ1n) is 8.91. The number of benzene rings is 1. The van der Waals surface area contributed by atoms with Crippen molar-refractivity contribution in [2.45, 2.75) is 20.3 Å². The minimum absolute atomic E-state index is 0.0854. The van der Waals surface area contributed by atoms with Crippen LogP contribution in [0.4, 0.5) is 0 Å². The van der Waals surface area contributed by atoms with Gasteiger partial charge in [0.1, 0.15) is 0 Å². The number of aromatic nitrogens is 3. The van der Waals surface area contributed by atoms with Gasteiger partial charge in [-0.05, 0) is 13.0 Å². The molecule has 1 aromatic carbocycles. The molecule has 3 N–H and O–H groups in total. The molecule has 8 nitrogen and oxygen atoms in total. The Kier molecular flexibility index (Phi) is 7.08. The number of aliphatic carboxylic acids is 2. The zero-order chi connectivity index (χ0) is 21.6. The van der Waals surface area contributed by atoms with Gasteiger partial charge in [0.05, 0.1) is 12.0 Å². The second-order valence-corrected chi connectivity index (χ2v) is 6.62. The summed E-state index contributed by atoms with van der Waals surface area (Å²) in [6.45, 7) is 3.95. The molecule has 0 radical (unpaired) electrons. The molecule has 0 fully saturated rings. The van der Waals surface area contributed by atoms with Gasteiger partial charge >= 0.3 is 11.9 Å². The van der Waals surface area contributed by atoms with Crippen LogP contribution in [0.1, 0.15) is 28.7 Å². The molecule has 8 heteroatoms. The predicted molar refractivity (Wildman–Crippen MR) is 108 cm³/mol. The van der Waals surface area contributed by atoms with Gasteiger partial charge in [-0.25, -0.2) is 14.6 Å². The first-order chi connectivity index (χ1) is 13.7. The number of carbonyl (C=O) groups is 3. The van der Waals surface area contributed by atoms with Gasteiger partial charge in [0, 0.05) is 59.9 Å². The summed E-state index contributed by atoms with van der Waals surface area (Å²) in [5.41, 5.74) is 3.89. The molecule has 1 atom stereocenters. The average Bonchev–Trinajstić information content (AvgIpc) is 3.23. The van der Waals surface area contributed by atoms with Crippen molar-refractivity contribution in [2.75, 3.05) is 0 Å². The molecule has 0 spiro atoms. The molecule has 0 saturated carbocycles. The van der Waals surface area contributed by atoms with Gasteiger partial charge in [-0.2, -0.15) is 0 Å². The second kappa shape index (κ2) is 9.50. The molecule has 1 unspecified atom stereocenters. The monoisotopic (exact) mass is 397 g/mol. The number of imidazole rings is 1. The number of Topliss-reactive ketones (excluding diaryl/α,β-unsaturated/α-hetero) is 1. The second-order valence-electron chi connectivity index (χ2n) is 6.62. The Hall–Kier alpha value is -3.68. The van der Waals surface area contributed by atoms with Gasteiger partial charge in [0.2, 0.25) is 0 Å². The lowest BCUT2D eigenvalue weighted by molar-refractivity contribution is -0.134. The highest BCUT2D eigenvalue weighted by Gasteiger charge is 2.21. The third kappa shape index (κ3) is 5.65. The van der Waals surface area contributed by atoms with Gasteiger partial charge < -0.3 is 19.8 Å². The lowest BCUT2D eigenvalue weighted by Gasteiger charge is -2.08. The zero-order valence-corrected chi connectivity index (χ0v) is 16.4. The van der Waals surface area contributed by atoms with Crippen LogP contribution >= 0.6 is 0 Å². The molecular weight excluding hydrogens is 374 g/mol. The summed E-state index contributed by atoms with van der Waals surface area (Å²) < 4.78 is 2.01. The Bertz CT molecular complexity index is 1050. The first-order valence-corrected chi connectivity index (χ1v) is 8.91. The van der Waals surface area contributed by atoms with E-state index in [0.717, 1.165) is 27.9 Å². The number of carboxylic acids is 2. The molecular formula is C21H23N3O5. The van der Waals surface area contributed by atoms with E-state index in [9.17, 15) is 14.4 Å². The number of hydrogen-bond acceptors (Lipinski definition) is 4. The largest absolute Gasteiger partial charge is 0.478 e. The summed E-state index contributed by atoms with van der Waals surface area (Å²) in [6, 6.07) is 8.01. The van der Waals surface area contributed by atoms with Gasteiger partial charge in [0.15, 0.2) is 5.78 Å². The lowest BCUT2D eigenvalue weighted by atomic mass is 9.94. The van der Waals surface area contributed by atoms with Crippen LogP contribution in [0, 0.1) is 12.8 Å². The summed E-state index contributed by atoms with van der Waals surface area (Å²) in [5.74, 6) is -2.42. The third-order valence-corrected chi connectivity index (χ3v) is 4.41. The number of rotatable bonds is 6. The fourth-order valence-corrected chi connectivity index (χ4v) is 2.92. The summed E-state index contributed by atoms with van der Waals surface area (Å²) in [7, 11) is 1.97. The summed E-state index contributed by atoms with van der Waals surface area (Å²) in [6.07, 6.45) is 5.39. The number of H-pyrrole nitrogens is 1. The zero-order valence-electron chi connectivity index (χ0n) is 16.4. The minimum Gasteiger partial charge on any atom is -0.478 e. The molecule has 0 aliphatic rings. The normalized spacial score (nSPS) is 11.8. The molecule has 29 heavy (non-hydrogen) atoms. The topological polar surface area (TPSA) is 125 Å². The number of fused-ring (bicyclic) bond motifs is 1. The number of para-hydroxylation sites is 1. The van der Waals surface area contributed by atoms with E-state index in [1.54, 1.807) is 6.33 Å². The molecule has 0 bridgehead atoms. The maximum Gasteiger partial charge on any atom is 0.328 e. The van der Waals surface area contributed by atoms with E-state index in [1.807, 2.05) is 55.9 Å². The van der Waals surface area contributed by atoms with Crippen LogP contribution in [-0.2, 0) is 23.1 Å². The van der Waals surface area contributed by atoms with E-state index >= 15 is 0 Å². The van der Waals surface area contributed by atoms with Crippen molar-refractivity contribution in [3.05, 3.63) is 65.9 Å². The van der Waals surface area contributed by atoms with Gasteiger partial charge in [-0.3, -0.25) is 4.79 Å². The fraction of sp³-hybridized carbons (Fsp3) is 0.238. The van der Waals surface area contributed by atoms with Crippen molar-refractivity contribution in [1.29, 1.82) is 0 Å². The van der Waals surface area contributed by atoms with Crippen LogP contribution < -0.4 is 0 Å². The molecule has 152 valence electrons. The SMILES string of the molecule is Cc1[nH]cnc1CC(C)C(=O)c1cn(C)c2ccccc12.O=C(O)C=CC(=O)O. The Morgan fingerprint density at radius 1 is 1.17 bits per heavy atom. The van der Waals surface area contributed by atoms with Gasteiger partial charge in [0.25, 0.3) is 0 Å². The van der Waals surface area contributed by atoms with E-state index in [0.29, 0.717) is 18.6 Å². The van der Waals surface area contributed by atoms with Crippen LogP contribution in [0.15, 0.2) is 48.9 Å². The Balaban J connectivity index is 0.000000321. The summed E-state index contributed by atoms with van der Waals surface area (Å²) in [4.78, 5) is 39.2. The number of ketones is 1. The van der Waals surface area contributed by atoms with Crippen molar-refractivity contribution in [1.82, 2.24) is 14.5 Å². The van der Waals surface area contributed by atoms with Gasteiger partial charge in [-0.1, -0.05) is 25.1 Å². The number of carboxylic acid groups (broad SMARTS) is 2. The number of aryl methyl sites for hydroxylation is 2. The van der Waals surface area contributed by atoms with E-state index in [2.05, 4.69) is 9.97 Å². The Labute approximate surface area is 167 Å². The van der Waals surface area contributed by atoms with E-state index in [1.165, 1.54) is 0 Å². The van der Waals surface area contributed by atoms with Crippen molar-refractivity contribution >= 4 is 28.6 Å². The Morgan fingerprint density at radius 2 is 1.79 bits per heavy atom. The molecule has 0 amide bonds. The van der Waals surface area contributed by atoms with Gasteiger partial charge in [-0.15, -0.1) is 0 Å². The smallest absolute Gasteiger partial charge is 0.328 e. The maximum absolute atomic E-state index is 12.8. The number of hydrogen-bond donors (Lipinski definition) is 3. The van der Waals surface area contributed by atoms with Crippen LogP contribution in [0.3, 0.4) is 0 Å². The standard InChI is InChI=1S/C17H19N3O.C4H4O4/c1-11(8-15-12(2)18-10-19-15)17(21)14-9-20(3)16-7-5-4-6-13(14)16;5-3(6)1-2-4(7)8/h4-7,9-11H,8H2,1-3H3,(H,18,19);1-2H,(H,5,6)(H,7,8). The first kappa shape index (κ1) is 21.6. The average molecular weight is 397 g/mol. The highest BCUT2D eigenvalue weighted by atomic mass is 16.4. The van der Waals surface area contributed by atoms with E-state index < -0.39 is 11.9 Å². The summed E-state index contributed by atoms with van der Waals surface area (Å²) >= 11 is 0. The molecule has 0 aliphatic carbocycles. The molecule has 2 heterocycles. The molecule has 2 aromatic heterocycles. The van der Waals surface area contributed by atoms with Crippen LogP contribution in [-0.4, -0.2) is 42.5 Å². The highest BCUT2D eigenvalue weighted by molar-refractivity contribution is 6.09. The number of nitrogens with zero attached hydrogens (tertiary/aromatic N) is 2.